The van der Waals surface area contributed by atoms with E-state index in [1.165, 1.54) is 12.8 Å². The normalized spacial score (nSPS) is 27.3. The lowest BCUT2D eigenvalue weighted by atomic mass is 9.92. The van der Waals surface area contributed by atoms with Crippen molar-refractivity contribution >= 4 is 5.91 Å². The fourth-order valence-corrected chi connectivity index (χ4v) is 4.44. The van der Waals surface area contributed by atoms with Crippen LogP contribution in [-0.4, -0.2) is 68.9 Å². The van der Waals surface area contributed by atoms with Crippen molar-refractivity contribution in [2.24, 2.45) is 5.92 Å². The molecule has 148 valence electrons. The Labute approximate surface area is 160 Å². The highest BCUT2D eigenvalue weighted by molar-refractivity contribution is 5.73. The van der Waals surface area contributed by atoms with Gasteiger partial charge in [0.25, 0.3) is 5.56 Å². The first-order valence-electron chi connectivity index (χ1n) is 10.2. The molecule has 0 bridgehead atoms. The SMILES string of the molecule is CC(=O)N1CCCCC(O)(CN2CC(Cn3nc(C4CC4)ccc3=O)C2)C1. The van der Waals surface area contributed by atoms with E-state index in [1.807, 2.05) is 6.07 Å². The summed E-state index contributed by atoms with van der Waals surface area (Å²) in [5, 5.41) is 15.6. The van der Waals surface area contributed by atoms with Gasteiger partial charge in [0.05, 0.1) is 24.4 Å². The van der Waals surface area contributed by atoms with Crippen LogP contribution in [0, 0.1) is 5.92 Å². The Morgan fingerprint density at radius 1 is 1.30 bits per heavy atom. The number of amides is 1. The molecule has 1 aromatic rings. The summed E-state index contributed by atoms with van der Waals surface area (Å²) in [5.74, 6) is 0.976. The second kappa shape index (κ2) is 7.36. The molecule has 7 heteroatoms. The number of aliphatic hydroxyl groups is 1. The van der Waals surface area contributed by atoms with E-state index in [9.17, 15) is 14.7 Å². The summed E-state index contributed by atoms with van der Waals surface area (Å²) in [6.45, 7) is 5.71. The summed E-state index contributed by atoms with van der Waals surface area (Å²) in [5.41, 5.74) is 0.189. The zero-order valence-electron chi connectivity index (χ0n) is 16.1. The monoisotopic (exact) mass is 374 g/mol. The number of rotatable bonds is 5. The van der Waals surface area contributed by atoms with Gasteiger partial charge in [0, 0.05) is 51.0 Å². The van der Waals surface area contributed by atoms with Crippen LogP contribution in [0.2, 0.25) is 0 Å². The highest BCUT2D eigenvalue weighted by Crippen LogP contribution is 2.38. The van der Waals surface area contributed by atoms with E-state index in [0.717, 1.165) is 44.6 Å². The minimum Gasteiger partial charge on any atom is -0.387 e. The predicted octanol–water partition coefficient (Wildman–Crippen LogP) is 0.816. The van der Waals surface area contributed by atoms with Gasteiger partial charge in [-0.3, -0.25) is 14.5 Å². The van der Waals surface area contributed by atoms with Gasteiger partial charge in [-0.2, -0.15) is 5.10 Å². The molecule has 7 nitrogen and oxygen atoms in total. The van der Waals surface area contributed by atoms with Crippen LogP contribution < -0.4 is 5.56 Å². The van der Waals surface area contributed by atoms with E-state index >= 15 is 0 Å². The van der Waals surface area contributed by atoms with E-state index < -0.39 is 5.60 Å². The molecular formula is C20H30N4O3. The third-order valence-corrected chi connectivity index (χ3v) is 6.12. The second-order valence-corrected chi connectivity index (χ2v) is 8.73. The van der Waals surface area contributed by atoms with Gasteiger partial charge < -0.3 is 10.0 Å². The molecule has 1 unspecified atom stereocenters. The second-order valence-electron chi connectivity index (χ2n) is 8.73. The van der Waals surface area contributed by atoms with E-state index in [0.29, 0.717) is 31.5 Å². The molecule has 0 radical (unpaired) electrons. The molecule has 3 fully saturated rings. The Morgan fingerprint density at radius 3 is 2.78 bits per heavy atom. The maximum absolute atomic E-state index is 12.1. The van der Waals surface area contributed by atoms with Crippen molar-refractivity contribution in [2.75, 3.05) is 32.7 Å². The fraction of sp³-hybridized carbons (Fsp3) is 0.750. The van der Waals surface area contributed by atoms with Crippen LogP contribution in [0.4, 0.5) is 0 Å². The average Bonchev–Trinajstić information content (AvgIpc) is 3.42. The molecule has 4 rings (SSSR count). The Balaban J connectivity index is 1.31. The van der Waals surface area contributed by atoms with Crippen LogP contribution in [0.15, 0.2) is 16.9 Å². The maximum atomic E-state index is 12.1. The van der Waals surface area contributed by atoms with Crippen molar-refractivity contribution in [2.45, 2.75) is 57.1 Å². The molecule has 1 aromatic heterocycles. The molecule has 0 aromatic carbocycles. The zero-order chi connectivity index (χ0) is 19.0. The Hall–Kier alpha value is -1.73. The number of hydrogen-bond donors (Lipinski definition) is 1. The molecule has 3 aliphatic rings. The summed E-state index contributed by atoms with van der Waals surface area (Å²) in [6.07, 6.45) is 5.00. The maximum Gasteiger partial charge on any atom is 0.266 e. The van der Waals surface area contributed by atoms with Gasteiger partial charge in [-0.05, 0) is 38.2 Å². The van der Waals surface area contributed by atoms with Gasteiger partial charge in [0.2, 0.25) is 5.91 Å². The number of carbonyl (C=O) groups excluding carboxylic acids is 1. The molecule has 1 saturated carbocycles. The van der Waals surface area contributed by atoms with Gasteiger partial charge in [-0.1, -0.05) is 0 Å². The lowest BCUT2D eigenvalue weighted by Crippen LogP contribution is -2.58. The van der Waals surface area contributed by atoms with Crippen LogP contribution >= 0.6 is 0 Å². The van der Waals surface area contributed by atoms with E-state index in [4.69, 9.17) is 0 Å². The molecule has 2 saturated heterocycles. The van der Waals surface area contributed by atoms with Crippen molar-refractivity contribution in [3.63, 3.8) is 0 Å². The van der Waals surface area contributed by atoms with Crippen LogP contribution in [0.1, 0.15) is 50.6 Å². The standard InChI is InChI=1S/C20H30N4O3/c1-15(25)23-9-3-2-8-20(27,14-23)13-22-10-16(11-22)12-24-19(26)7-6-18(21-24)17-4-5-17/h6-7,16-17,27H,2-5,8-14H2,1H3. The van der Waals surface area contributed by atoms with Gasteiger partial charge >= 0.3 is 0 Å². The summed E-state index contributed by atoms with van der Waals surface area (Å²) >= 11 is 0. The molecule has 0 spiro atoms. The van der Waals surface area contributed by atoms with Gasteiger partial charge in [-0.25, -0.2) is 4.68 Å². The van der Waals surface area contributed by atoms with Crippen LogP contribution in [-0.2, 0) is 11.3 Å². The first-order chi connectivity index (χ1) is 12.9. The van der Waals surface area contributed by atoms with Crippen molar-refractivity contribution in [3.8, 4) is 0 Å². The lowest BCUT2D eigenvalue weighted by molar-refractivity contribution is -0.133. The minimum absolute atomic E-state index is 0.0302. The molecular weight excluding hydrogens is 344 g/mol. The van der Waals surface area contributed by atoms with Gasteiger partial charge in [-0.15, -0.1) is 0 Å². The van der Waals surface area contributed by atoms with Gasteiger partial charge in [0.1, 0.15) is 0 Å². The average molecular weight is 374 g/mol. The first kappa shape index (κ1) is 18.6. The first-order valence-corrected chi connectivity index (χ1v) is 10.2. The summed E-state index contributed by atoms with van der Waals surface area (Å²) in [7, 11) is 0. The highest BCUT2D eigenvalue weighted by atomic mass is 16.3. The molecule has 27 heavy (non-hydrogen) atoms. The fourth-order valence-electron chi connectivity index (χ4n) is 4.44. The number of nitrogens with zero attached hydrogens (tertiary/aromatic N) is 4. The van der Waals surface area contributed by atoms with Crippen LogP contribution in [0.5, 0.6) is 0 Å². The van der Waals surface area contributed by atoms with Crippen LogP contribution in [0.25, 0.3) is 0 Å². The molecule has 1 aliphatic carbocycles. The van der Waals surface area contributed by atoms with Crippen LogP contribution in [0.3, 0.4) is 0 Å². The summed E-state index contributed by atoms with van der Waals surface area (Å²) < 4.78 is 1.62. The summed E-state index contributed by atoms with van der Waals surface area (Å²) in [4.78, 5) is 27.8. The molecule has 1 N–H and O–H groups in total. The predicted molar refractivity (Wildman–Crippen MR) is 101 cm³/mol. The Kier molecular flexibility index (Phi) is 5.07. The molecule has 3 heterocycles. The number of β-amino-alcohol motifs (C(OH)–C–C–N with tert-alkyl or cyclic N) is 1. The van der Waals surface area contributed by atoms with Crippen molar-refractivity contribution in [3.05, 3.63) is 28.2 Å². The summed E-state index contributed by atoms with van der Waals surface area (Å²) in [6, 6.07) is 3.51. The van der Waals surface area contributed by atoms with Crippen molar-refractivity contribution in [1.82, 2.24) is 19.6 Å². The van der Waals surface area contributed by atoms with E-state index in [2.05, 4.69) is 10.00 Å². The number of aromatic nitrogens is 2. The topological polar surface area (TPSA) is 78.7 Å². The quantitative estimate of drug-likeness (QED) is 0.825. The number of likely N-dealkylation sites (tertiary alicyclic amines) is 2. The minimum atomic E-state index is -0.825. The Bertz CT molecular complexity index is 754. The highest BCUT2D eigenvalue weighted by Gasteiger charge is 2.38. The third kappa shape index (κ3) is 4.41. The zero-order valence-corrected chi connectivity index (χ0v) is 16.1. The Morgan fingerprint density at radius 2 is 2.07 bits per heavy atom. The molecule has 1 amide bonds. The van der Waals surface area contributed by atoms with Crippen molar-refractivity contribution in [1.29, 1.82) is 0 Å². The lowest BCUT2D eigenvalue weighted by Gasteiger charge is -2.44. The number of hydrogen-bond acceptors (Lipinski definition) is 5. The smallest absolute Gasteiger partial charge is 0.266 e. The van der Waals surface area contributed by atoms with Gasteiger partial charge in [0.15, 0.2) is 0 Å². The molecule has 2 aliphatic heterocycles. The third-order valence-electron chi connectivity index (χ3n) is 6.12. The largest absolute Gasteiger partial charge is 0.387 e. The van der Waals surface area contributed by atoms with E-state index in [1.54, 1.807) is 22.6 Å². The molecule has 1 atom stereocenters. The van der Waals surface area contributed by atoms with E-state index in [-0.39, 0.29) is 11.5 Å². The number of carbonyl (C=O) groups is 1. The van der Waals surface area contributed by atoms with Crippen molar-refractivity contribution < 1.29 is 9.90 Å².